The van der Waals surface area contributed by atoms with E-state index in [9.17, 15) is 0 Å². The normalized spacial score (nSPS) is 15.0. The Kier molecular flexibility index (Phi) is 11.9. The monoisotopic (exact) mass is 539 g/mol. The number of hydrogen-bond acceptors (Lipinski definition) is 4. The number of nitrogens with zero attached hydrogens (tertiary/aromatic N) is 5. The second-order valence-electron chi connectivity index (χ2n) is 10.2. The lowest BCUT2D eigenvalue weighted by Crippen LogP contribution is -2.33. The average molecular weight is 540 g/mol. The van der Waals surface area contributed by atoms with Crippen molar-refractivity contribution >= 4 is 28.2 Å². The minimum Gasteiger partial charge on any atom is -0.322 e. The number of anilines is 1. The van der Waals surface area contributed by atoms with Gasteiger partial charge in [0.05, 0.1) is 11.0 Å². The van der Waals surface area contributed by atoms with Crippen LogP contribution in [0.1, 0.15) is 98.0 Å². The van der Waals surface area contributed by atoms with Gasteiger partial charge in [-0.25, -0.2) is 9.97 Å². The first-order valence-electron chi connectivity index (χ1n) is 15.4. The van der Waals surface area contributed by atoms with Gasteiger partial charge in [-0.05, 0) is 61.6 Å². The Morgan fingerprint density at radius 2 is 1.43 bits per heavy atom. The van der Waals surface area contributed by atoms with E-state index in [1.807, 2.05) is 18.2 Å². The maximum absolute atomic E-state index is 4.84. The van der Waals surface area contributed by atoms with Crippen LogP contribution in [-0.2, 0) is 19.3 Å². The van der Waals surface area contributed by atoms with E-state index in [2.05, 4.69) is 117 Å². The highest BCUT2D eigenvalue weighted by atomic mass is 15.3. The summed E-state index contributed by atoms with van der Waals surface area (Å²) in [6, 6.07) is 19.1. The minimum absolute atomic E-state index is 0.308. The molecule has 6 rings (SSSR count). The molecule has 0 saturated carbocycles. The first kappa shape index (κ1) is 31.1. The molecule has 2 aliphatic rings. The quantitative estimate of drug-likeness (QED) is 0.259. The summed E-state index contributed by atoms with van der Waals surface area (Å²) in [6.07, 6.45) is 10.2. The van der Waals surface area contributed by atoms with E-state index in [0.717, 1.165) is 54.6 Å². The molecule has 40 heavy (non-hydrogen) atoms. The van der Waals surface area contributed by atoms with Crippen LogP contribution < -0.4 is 4.90 Å². The number of fused-ring (bicyclic) bond motifs is 6. The predicted molar refractivity (Wildman–Crippen MR) is 174 cm³/mol. The predicted octanol–water partition coefficient (Wildman–Crippen LogP) is 9.37. The number of para-hydroxylation sites is 3. The highest BCUT2D eigenvalue weighted by Crippen LogP contribution is 2.38. The second-order valence-corrected chi connectivity index (χ2v) is 10.2. The van der Waals surface area contributed by atoms with E-state index in [-0.39, 0.29) is 0 Å². The Labute approximate surface area is 242 Å². The third-order valence-electron chi connectivity index (χ3n) is 6.77. The molecule has 1 unspecified atom stereocenters. The van der Waals surface area contributed by atoms with Gasteiger partial charge in [-0.1, -0.05) is 98.6 Å². The van der Waals surface area contributed by atoms with Gasteiger partial charge in [-0.2, -0.15) is 0 Å². The van der Waals surface area contributed by atoms with Gasteiger partial charge < -0.3 is 4.90 Å². The van der Waals surface area contributed by atoms with Gasteiger partial charge in [0.2, 0.25) is 5.78 Å². The summed E-state index contributed by atoms with van der Waals surface area (Å²) in [5.74, 6) is 0.822. The summed E-state index contributed by atoms with van der Waals surface area (Å²) in [7, 11) is 0. The largest absolute Gasteiger partial charge is 0.322 e. The number of benzene rings is 2. The zero-order valence-electron chi connectivity index (χ0n) is 26.0. The van der Waals surface area contributed by atoms with Gasteiger partial charge in [-0.3, -0.25) is 9.39 Å². The molecular formula is C35H49N5. The molecule has 0 aliphatic carbocycles. The zero-order chi connectivity index (χ0) is 29.1. The van der Waals surface area contributed by atoms with Gasteiger partial charge in [-0.15, -0.1) is 0 Å². The third-order valence-corrected chi connectivity index (χ3v) is 6.77. The lowest BCUT2D eigenvalue weighted by Gasteiger charge is -2.31. The highest BCUT2D eigenvalue weighted by Gasteiger charge is 2.32. The van der Waals surface area contributed by atoms with Crippen molar-refractivity contribution in [2.24, 2.45) is 4.99 Å². The first-order valence-corrected chi connectivity index (χ1v) is 15.4. The number of rotatable bonds is 4. The molecule has 1 atom stereocenters. The lowest BCUT2D eigenvalue weighted by molar-refractivity contribution is 0.677. The summed E-state index contributed by atoms with van der Waals surface area (Å²) in [5.41, 5.74) is 9.99. The highest BCUT2D eigenvalue weighted by molar-refractivity contribution is 5.97. The molecule has 5 heteroatoms. The summed E-state index contributed by atoms with van der Waals surface area (Å²) >= 11 is 0. The summed E-state index contributed by atoms with van der Waals surface area (Å²) in [5, 5.41) is 0. The smallest absolute Gasteiger partial charge is 0.235 e. The van der Waals surface area contributed by atoms with Crippen molar-refractivity contribution in [2.45, 2.75) is 107 Å². The van der Waals surface area contributed by atoms with Crippen molar-refractivity contribution in [3.63, 3.8) is 0 Å². The molecule has 0 amide bonds. The van der Waals surface area contributed by atoms with Crippen molar-refractivity contribution in [3.8, 4) is 0 Å². The van der Waals surface area contributed by atoms with E-state index >= 15 is 0 Å². The van der Waals surface area contributed by atoms with Gasteiger partial charge in [0.25, 0.3) is 0 Å². The van der Waals surface area contributed by atoms with E-state index < -0.39 is 0 Å². The molecule has 5 nitrogen and oxygen atoms in total. The van der Waals surface area contributed by atoms with Crippen molar-refractivity contribution in [3.05, 3.63) is 83.3 Å². The van der Waals surface area contributed by atoms with Gasteiger partial charge >= 0.3 is 0 Å². The fourth-order valence-corrected chi connectivity index (χ4v) is 5.00. The lowest BCUT2D eigenvalue weighted by atomic mass is 10.1. The summed E-state index contributed by atoms with van der Waals surface area (Å²) in [6.45, 7) is 17.2. The molecule has 4 heterocycles. The third kappa shape index (κ3) is 6.99. The number of aryl methyl sites for hydroxylation is 2. The number of aliphatic imine (C=N–C) groups is 1. The van der Waals surface area contributed by atoms with Crippen LogP contribution in [0, 0.1) is 0 Å². The minimum atomic E-state index is 0.308. The van der Waals surface area contributed by atoms with Gasteiger partial charge in [0, 0.05) is 34.9 Å². The van der Waals surface area contributed by atoms with E-state index in [4.69, 9.17) is 4.99 Å². The maximum atomic E-state index is 4.84. The maximum Gasteiger partial charge on any atom is 0.235 e. The number of hydrogen-bond donors (Lipinski definition) is 0. The van der Waals surface area contributed by atoms with Crippen LogP contribution in [0.5, 0.6) is 0 Å². The molecule has 0 radical (unpaired) electrons. The van der Waals surface area contributed by atoms with Crippen LogP contribution in [0.25, 0.3) is 16.8 Å². The molecule has 2 aromatic heterocycles. The van der Waals surface area contributed by atoms with E-state index in [0.29, 0.717) is 6.17 Å². The molecule has 214 valence electrons. The molecule has 0 saturated heterocycles. The fraction of sp³-hybridized carbons (Fsp3) is 0.457. The van der Waals surface area contributed by atoms with Crippen molar-refractivity contribution < 1.29 is 0 Å². The summed E-state index contributed by atoms with van der Waals surface area (Å²) < 4.78 is 2.16. The van der Waals surface area contributed by atoms with Crippen LogP contribution in [0.3, 0.4) is 0 Å². The van der Waals surface area contributed by atoms with Crippen molar-refractivity contribution in [1.82, 2.24) is 14.4 Å². The van der Waals surface area contributed by atoms with Crippen molar-refractivity contribution in [2.75, 3.05) is 4.90 Å². The molecular weight excluding hydrogens is 490 g/mol. The van der Waals surface area contributed by atoms with Gasteiger partial charge in [0.1, 0.15) is 6.17 Å². The Balaban J connectivity index is 0.000000185. The molecule has 0 fully saturated rings. The fourth-order valence-electron chi connectivity index (χ4n) is 5.00. The van der Waals surface area contributed by atoms with Crippen LogP contribution >= 0.6 is 0 Å². The second kappa shape index (κ2) is 15.4. The van der Waals surface area contributed by atoms with Crippen LogP contribution in [0.15, 0.2) is 71.4 Å². The van der Waals surface area contributed by atoms with E-state index in [1.165, 1.54) is 41.2 Å². The van der Waals surface area contributed by atoms with Crippen molar-refractivity contribution in [1.29, 1.82) is 0 Å². The molecule has 0 N–H and O–H groups in total. The van der Waals surface area contributed by atoms with Crippen LogP contribution in [-0.4, -0.2) is 26.2 Å². The molecule has 2 aromatic carbocycles. The average Bonchev–Trinajstić information content (AvgIpc) is 3.55. The first-order chi connectivity index (χ1) is 19.5. The number of aromatic nitrogens is 3. The summed E-state index contributed by atoms with van der Waals surface area (Å²) in [4.78, 5) is 16.4. The Bertz CT molecular complexity index is 1430. The van der Waals surface area contributed by atoms with E-state index in [1.54, 1.807) is 0 Å². The Morgan fingerprint density at radius 3 is 2.08 bits per heavy atom. The molecule has 0 spiro atoms. The Morgan fingerprint density at radius 1 is 0.750 bits per heavy atom. The molecule has 0 bridgehead atoms. The molecule has 2 aliphatic heterocycles. The van der Waals surface area contributed by atoms with Crippen LogP contribution in [0.2, 0.25) is 0 Å². The zero-order valence-corrected chi connectivity index (χ0v) is 26.0. The SMILES string of the molecule is CCC.CCC.CCC1=CC(CC)=NC2Cc3ccccc3N12.CCc1cc(CC)n2c(n1)nc1ccccc12. The number of allylic oxidation sites excluding steroid dienone is 2. The van der Waals surface area contributed by atoms with Gasteiger partial charge in [0.15, 0.2) is 0 Å². The number of imidazole rings is 1. The van der Waals surface area contributed by atoms with Crippen LogP contribution in [0.4, 0.5) is 5.69 Å². The topological polar surface area (TPSA) is 45.8 Å². The molecule has 4 aromatic rings. The Hall–Kier alpha value is -3.47. The standard InChI is InChI=1S/C15H18N2.C14H15N3.2C3H8/c1-3-12-10-13(4-2)17-14-8-6-5-7-11(14)9-15(17)16-12;1-3-10-9-11(4-2)17-13-8-6-5-7-12(13)16-14(17)15-10;2*1-3-2/h5-8,10,15H,3-4,9H2,1-2H3;5-9H,3-4H2,1-2H3;2*3H2,1-2H3.